The Morgan fingerprint density at radius 2 is 1.88 bits per heavy atom. The number of primary amides is 1. The number of rotatable bonds is 6. The highest BCUT2D eigenvalue weighted by Gasteiger charge is 2.35. The summed E-state index contributed by atoms with van der Waals surface area (Å²) in [6.07, 6.45) is 2.03. The zero-order chi connectivity index (χ0) is 23.5. The van der Waals surface area contributed by atoms with Gasteiger partial charge in [0, 0.05) is 17.9 Å². The third-order valence-electron chi connectivity index (χ3n) is 6.70. The SMILES string of the molecule is COc1cccc(C2CC(c3cc(C)ccc3C)=NN2C(=O)CN2CCC(C(N)=O)CC2)c1. The molecular formula is C26H32N4O3. The van der Waals surface area contributed by atoms with Crippen molar-refractivity contribution in [3.05, 3.63) is 64.7 Å². The minimum Gasteiger partial charge on any atom is -0.497 e. The lowest BCUT2D eigenvalue weighted by Crippen LogP contribution is -2.44. The van der Waals surface area contributed by atoms with Crippen LogP contribution in [0.3, 0.4) is 0 Å². The number of methoxy groups -OCH3 is 1. The minimum atomic E-state index is -0.249. The van der Waals surface area contributed by atoms with E-state index >= 15 is 0 Å². The van der Waals surface area contributed by atoms with E-state index in [1.165, 1.54) is 5.56 Å². The number of nitrogens with two attached hydrogens (primary N) is 1. The van der Waals surface area contributed by atoms with Gasteiger partial charge in [-0.2, -0.15) is 5.10 Å². The van der Waals surface area contributed by atoms with Gasteiger partial charge in [0.15, 0.2) is 0 Å². The summed E-state index contributed by atoms with van der Waals surface area (Å²) in [5.41, 5.74) is 10.8. The average molecular weight is 449 g/mol. The first-order chi connectivity index (χ1) is 15.9. The van der Waals surface area contributed by atoms with E-state index in [4.69, 9.17) is 15.6 Å². The molecule has 2 heterocycles. The third-order valence-corrected chi connectivity index (χ3v) is 6.70. The number of piperidine rings is 1. The summed E-state index contributed by atoms with van der Waals surface area (Å²) in [5.74, 6) is 0.372. The molecule has 7 nitrogen and oxygen atoms in total. The van der Waals surface area contributed by atoms with Gasteiger partial charge in [0.2, 0.25) is 5.91 Å². The van der Waals surface area contributed by atoms with Crippen molar-refractivity contribution in [1.29, 1.82) is 0 Å². The van der Waals surface area contributed by atoms with Crippen molar-refractivity contribution in [1.82, 2.24) is 9.91 Å². The number of likely N-dealkylation sites (tertiary alicyclic amines) is 1. The number of hydrazone groups is 1. The summed E-state index contributed by atoms with van der Waals surface area (Å²) < 4.78 is 5.42. The smallest absolute Gasteiger partial charge is 0.257 e. The highest BCUT2D eigenvalue weighted by molar-refractivity contribution is 6.04. The second kappa shape index (κ2) is 9.75. The second-order valence-electron chi connectivity index (χ2n) is 9.05. The normalized spacial score (nSPS) is 19.4. The number of ether oxygens (including phenoxy) is 1. The standard InChI is InChI=1S/C26H32N4O3/c1-17-7-8-18(2)22(13-17)23-15-24(20-5-4-6-21(14-20)33-3)30(28-23)25(31)16-29-11-9-19(10-12-29)26(27)32/h4-8,13-14,19,24H,9-12,15-16H2,1-3H3,(H2,27,32). The van der Waals surface area contributed by atoms with Gasteiger partial charge in [0.05, 0.1) is 25.4 Å². The van der Waals surface area contributed by atoms with E-state index in [1.807, 2.05) is 24.3 Å². The fraction of sp³-hybridized carbons (Fsp3) is 0.423. The van der Waals surface area contributed by atoms with Crippen molar-refractivity contribution in [2.75, 3.05) is 26.7 Å². The predicted molar refractivity (Wildman–Crippen MR) is 128 cm³/mol. The van der Waals surface area contributed by atoms with Gasteiger partial charge in [-0.15, -0.1) is 0 Å². The predicted octanol–water partition coefficient (Wildman–Crippen LogP) is 3.19. The Morgan fingerprint density at radius 3 is 2.58 bits per heavy atom. The van der Waals surface area contributed by atoms with Gasteiger partial charge in [0.1, 0.15) is 5.75 Å². The Kier molecular flexibility index (Phi) is 6.79. The van der Waals surface area contributed by atoms with Gasteiger partial charge >= 0.3 is 0 Å². The molecule has 7 heteroatoms. The van der Waals surface area contributed by atoms with Gasteiger partial charge in [0.25, 0.3) is 5.91 Å². The number of benzene rings is 2. The van der Waals surface area contributed by atoms with Crippen LogP contribution < -0.4 is 10.5 Å². The van der Waals surface area contributed by atoms with Crippen LogP contribution in [0.5, 0.6) is 5.75 Å². The first-order valence-electron chi connectivity index (χ1n) is 11.5. The topological polar surface area (TPSA) is 88.2 Å². The van der Waals surface area contributed by atoms with Crippen LogP contribution in [-0.2, 0) is 9.59 Å². The molecule has 0 aromatic heterocycles. The minimum absolute atomic E-state index is 0.0411. The van der Waals surface area contributed by atoms with Crippen LogP contribution in [0, 0.1) is 19.8 Å². The first-order valence-corrected chi connectivity index (χ1v) is 11.5. The largest absolute Gasteiger partial charge is 0.497 e. The maximum Gasteiger partial charge on any atom is 0.257 e. The van der Waals surface area contributed by atoms with E-state index in [-0.39, 0.29) is 30.3 Å². The second-order valence-corrected chi connectivity index (χ2v) is 9.05. The molecule has 1 saturated heterocycles. The highest BCUT2D eigenvalue weighted by atomic mass is 16.5. The van der Waals surface area contributed by atoms with Gasteiger partial charge < -0.3 is 10.5 Å². The quantitative estimate of drug-likeness (QED) is 0.735. The summed E-state index contributed by atoms with van der Waals surface area (Å²) in [6, 6.07) is 14.0. The van der Waals surface area contributed by atoms with Crippen LogP contribution in [0.2, 0.25) is 0 Å². The molecule has 4 rings (SSSR count). The van der Waals surface area contributed by atoms with Crippen molar-refractivity contribution in [3.8, 4) is 5.75 Å². The van der Waals surface area contributed by atoms with E-state index in [2.05, 4.69) is 36.9 Å². The Morgan fingerprint density at radius 1 is 1.12 bits per heavy atom. The summed E-state index contributed by atoms with van der Waals surface area (Å²) >= 11 is 0. The van der Waals surface area contributed by atoms with Crippen molar-refractivity contribution in [3.63, 3.8) is 0 Å². The van der Waals surface area contributed by atoms with Crippen molar-refractivity contribution >= 4 is 17.5 Å². The van der Waals surface area contributed by atoms with Crippen LogP contribution in [0.1, 0.15) is 47.6 Å². The van der Waals surface area contributed by atoms with Crippen LogP contribution in [0.4, 0.5) is 0 Å². The molecular weight excluding hydrogens is 416 g/mol. The van der Waals surface area contributed by atoms with Crippen LogP contribution >= 0.6 is 0 Å². The van der Waals surface area contributed by atoms with Gasteiger partial charge in [-0.05, 0) is 69.1 Å². The third kappa shape index (κ3) is 5.09. The van der Waals surface area contributed by atoms with Crippen LogP contribution in [-0.4, -0.2) is 54.2 Å². The summed E-state index contributed by atoms with van der Waals surface area (Å²) in [4.78, 5) is 27.0. The van der Waals surface area contributed by atoms with Crippen molar-refractivity contribution < 1.29 is 14.3 Å². The molecule has 0 spiro atoms. The fourth-order valence-electron chi connectivity index (χ4n) is 4.70. The van der Waals surface area contributed by atoms with Gasteiger partial charge in [-0.3, -0.25) is 14.5 Å². The number of carbonyl (C=O) groups is 2. The van der Waals surface area contributed by atoms with Gasteiger partial charge in [-0.25, -0.2) is 5.01 Å². The average Bonchev–Trinajstić information content (AvgIpc) is 3.26. The molecule has 0 bridgehead atoms. The highest BCUT2D eigenvalue weighted by Crippen LogP contribution is 2.35. The number of aryl methyl sites for hydroxylation is 2. The number of hydrogen-bond acceptors (Lipinski definition) is 5. The number of amides is 2. The van der Waals surface area contributed by atoms with E-state index in [0.29, 0.717) is 32.4 Å². The number of carbonyl (C=O) groups excluding carboxylic acids is 2. The molecule has 2 N–H and O–H groups in total. The maximum absolute atomic E-state index is 13.5. The molecule has 0 saturated carbocycles. The lowest BCUT2D eigenvalue weighted by Gasteiger charge is -2.31. The van der Waals surface area contributed by atoms with Crippen LogP contribution in [0.25, 0.3) is 0 Å². The maximum atomic E-state index is 13.5. The van der Waals surface area contributed by atoms with Crippen LogP contribution in [0.15, 0.2) is 47.6 Å². The lowest BCUT2D eigenvalue weighted by molar-refractivity contribution is -0.134. The van der Waals surface area contributed by atoms with Crippen molar-refractivity contribution in [2.24, 2.45) is 16.8 Å². The fourth-order valence-corrected chi connectivity index (χ4v) is 4.70. The van der Waals surface area contributed by atoms with E-state index in [1.54, 1.807) is 12.1 Å². The Labute approximate surface area is 195 Å². The van der Waals surface area contributed by atoms with E-state index in [9.17, 15) is 9.59 Å². The zero-order valence-electron chi connectivity index (χ0n) is 19.6. The van der Waals surface area contributed by atoms with Gasteiger partial charge in [-0.1, -0.05) is 29.8 Å². The lowest BCUT2D eigenvalue weighted by atomic mass is 9.95. The Hall–Kier alpha value is -3.19. The molecule has 174 valence electrons. The Balaban J connectivity index is 1.59. The molecule has 0 aliphatic carbocycles. The molecule has 2 aromatic rings. The first kappa shape index (κ1) is 23.0. The summed E-state index contributed by atoms with van der Waals surface area (Å²) in [7, 11) is 1.64. The molecule has 2 amide bonds. The molecule has 33 heavy (non-hydrogen) atoms. The van der Waals surface area contributed by atoms with E-state index in [0.717, 1.165) is 28.2 Å². The molecule has 1 atom stereocenters. The molecule has 2 aromatic carbocycles. The monoisotopic (exact) mass is 448 g/mol. The number of nitrogens with zero attached hydrogens (tertiary/aromatic N) is 3. The summed E-state index contributed by atoms with van der Waals surface area (Å²) in [6.45, 7) is 5.78. The summed E-state index contributed by atoms with van der Waals surface area (Å²) in [5, 5.41) is 6.49. The molecule has 1 unspecified atom stereocenters. The zero-order valence-corrected chi connectivity index (χ0v) is 19.6. The Bertz CT molecular complexity index is 1070. The molecule has 2 aliphatic heterocycles. The number of hydrogen-bond donors (Lipinski definition) is 1. The molecule has 0 radical (unpaired) electrons. The molecule has 1 fully saturated rings. The molecule has 2 aliphatic rings. The van der Waals surface area contributed by atoms with Crippen molar-refractivity contribution in [2.45, 2.75) is 39.2 Å². The van der Waals surface area contributed by atoms with E-state index < -0.39 is 0 Å².